The summed E-state index contributed by atoms with van der Waals surface area (Å²) < 4.78 is 12.2. The van der Waals surface area contributed by atoms with Crippen molar-refractivity contribution in [3.8, 4) is 0 Å². The van der Waals surface area contributed by atoms with Gasteiger partial charge < -0.3 is 14.5 Å². The summed E-state index contributed by atoms with van der Waals surface area (Å²) in [4.78, 5) is 14.4. The zero-order valence-corrected chi connectivity index (χ0v) is 15.9. The van der Waals surface area contributed by atoms with Crippen LogP contribution >= 0.6 is 11.8 Å². The minimum Gasteiger partial charge on any atom is -0.465 e. The molecule has 4 rings (SSSR count). The average Bonchev–Trinajstić information content (AvgIpc) is 3.32. The number of hydrogen-bond donors (Lipinski definition) is 1. The number of nitrogens with one attached hydrogen (secondary N) is 1. The molecule has 1 aromatic heterocycles. The van der Waals surface area contributed by atoms with Crippen molar-refractivity contribution >= 4 is 17.7 Å². The second-order valence-corrected chi connectivity index (χ2v) is 8.93. The fourth-order valence-electron chi connectivity index (χ4n) is 4.95. The first-order valence-electron chi connectivity index (χ1n) is 9.39. The molecule has 4 atom stereocenters. The fourth-order valence-corrected chi connectivity index (χ4v) is 5.44. The Labute approximate surface area is 153 Å². The van der Waals surface area contributed by atoms with E-state index in [-0.39, 0.29) is 11.5 Å². The van der Waals surface area contributed by atoms with Crippen LogP contribution in [0.4, 0.5) is 0 Å². The highest BCUT2D eigenvalue weighted by molar-refractivity contribution is 7.99. The van der Waals surface area contributed by atoms with Crippen LogP contribution in [0.1, 0.15) is 31.3 Å². The van der Waals surface area contributed by atoms with Gasteiger partial charge in [0.15, 0.2) is 0 Å². The number of furan rings is 1. The predicted octanol–water partition coefficient (Wildman–Crippen LogP) is 2.44. The third kappa shape index (κ3) is 3.36. The standard InChI is InChI=1S/C19H28N2O3S/c1-3-25-11-18(22)20-8-15-16-10-21(9-14-5-4-13(2)23-14)12-19(16)7-6-17(15)24-19/h4-5,15-17H,3,6-12H2,1-2H3,(H,20,22)/t15-,16+,17+,19+/m0/s1. The van der Waals surface area contributed by atoms with Gasteiger partial charge >= 0.3 is 0 Å². The minimum atomic E-state index is 0.0138. The van der Waals surface area contributed by atoms with Gasteiger partial charge in [-0.3, -0.25) is 9.69 Å². The van der Waals surface area contributed by atoms with Crippen LogP contribution in [0.25, 0.3) is 0 Å². The van der Waals surface area contributed by atoms with Crippen LogP contribution in [-0.2, 0) is 16.1 Å². The molecule has 6 heteroatoms. The normalized spacial score (nSPS) is 33.8. The van der Waals surface area contributed by atoms with E-state index in [9.17, 15) is 4.79 Å². The molecule has 3 fully saturated rings. The first-order valence-corrected chi connectivity index (χ1v) is 10.5. The molecule has 138 valence electrons. The van der Waals surface area contributed by atoms with Crippen LogP contribution in [0.2, 0.25) is 0 Å². The number of nitrogens with zero attached hydrogens (tertiary/aromatic N) is 1. The lowest BCUT2D eigenvalue weighted by Crippen LogP contribution is -2.42. The molecule has 3 aliphatic rings. The number of aryl methyl sites for hydroxylation is 1. The van der Waals surface area contributed by atoms with Crippen LogP contribution in [0.5, 0.6) is 0 Å². The number of carbonyl (C=O) groups is 1. The van der Waals surface area contributed by atoms with E-state index in [4.69, 9.17) is 9.15 Å². The highest BCUT2D eigenvalue weighted by atomic mass is 32.2. The van der Waals surface area contributed by atoms with E-state index in [1.54, 1.807) is 11.8 Å². The Morgan fingerprint density at radius 2 is 2.36 bits per heavy atom. The summed E-state index contributed by atoms with van der Waals surface area (Å²) in [5, 5.41) is 3.14. The summed E-state index contributed by atoms with van der Waals surface area (Å²) in [5.41, 5.74) is 0.0138. The predicted molar refractivity (Wildman–Crippen MR) is 98.5 cm³/mol. The molecule has 0 saturated carbocycles. The van der Waals surface area contributed by atoms with E-state index in [0.29, 0.717) is 23.7 Å². The number of rotatable bonds is 7. The summed E-state index contributed by atoms with van der Waals surface area (Å²) in [6.07, 6.45) is 2.62. The molecule has 1 N–H and O–H groups in total. The average molecular weight is 365 g/mol. The van der Waals surface area contributed by atoms with Crippen molar-refractivity contribution in [3.63, 3.8) is 0 Å². The Bertz CT molecular complexity index is 634. The zero-order valence-electron chi connectivity index (χ0n) is 15.1. The Balaban J connectivity index is 1.36. The van der Waals surface area contributed by atoms with Crippen LogP contribution in [0, 0.1) is 18.8 Å². The Kier molecular flexibility index (Phi) is 4.86. The molecule has 0 aromatic carbocycles. The van der Waals surface area contributed by atoms with Crippen molar-refractivity contribution in [1.82, 2.24) is 10.2 Å². The number of fused-ring (bicyclic) bond motifs is 1. The smallest absolute Gasteiger partial charge is 0.230 e. The van der Waals surface area contributed by atoms with E-state index in [1.807, 2.05) is 13.0 Å². The Morgan fingerprint density at radius 3 is 3.12 bits per heavy atom. The molecule has 0 unspecified atom stereocenters. The summed E-state index contributed by atoms with van der Waals surface area (Å²) in [6.45, 7) is 7.71. The van der Waals surface area contributed by atoms with Crippen molar-refractivity contribution in [1.29, 1.82) is 0 Å². The van der Waals surface area contributed by atoms with Crippen molar-refractivity contribution < 1.29 is 13.9 Å². The van der Waals surface area contributed by atoms with Crippen molar-refractivity contribution in [3.05, 3.63) is 23.7 Å². The van der Waals surface area contributed by atoms with Gasteiger partial charge in [-0.2, -0.15) is 11.8 Å². The molecule has 25 heavy (non-hydrogen) atoms. The van der Waals surface area contributed by atoms with E-state index in [2.05, 4.69) is 23.2 Å². The molecule has 1 spiro atoms. The molecule has 4 heterocycles. The zero-order chi connectivity index (χ0) is 17.4. The van der Waals surface area contributed by atoms with Gasteiger partial charge in [-0.25, -0.2) is 0 Å². The summed E-state index contributed by atoms with van der Waals surface area (Å²) >= 11 is 1.67. The molecule has 3 saturated heterocycles. The fraction of sp³-hybridized carbons (Fsp3) is 0.737. The highest BCUT2D eigenvalue weighted by Crippen LogP contribution is 2.54. The van der Waals surface area contributed by atoms with E-state index in [1.165, 1.54) is 0 Å². The lowest BCUT2D eigenvalue weighted by molar-refractivity contribution is -0.118. The van der Waals surface area contributed by atoms with Gasteiger partial charge in [-0.1, -0.05) is 6.92 Å². The maximum Gasteiger partial charge on any atom is 0.230 e. The largest absolute Gasteiger partial charge is 0.465 e. The maximum absolute atomic E-state index is 12.0. The molecule has 2 bridgehead atoms. The quantitative estimate of drug-likeness (QED) is 0.805. The first kappa shape index (κ1) is 17.4. The second-order valence-electron chi connectivity index (χ2n) is 7.65. The summed E-state index contributed by atoms with van der Waals surface area (Å²) in [6, 6.07) is 4.10. The monoisotopic (exact) mass is 364 g/mol. The van der Waals surface area contributed by atoms with Crippen LogP contribution < -0.4 is 5.32 Å². The van der Waals surface area contributed by atoms with Gasteiger partial charge in [0.25, 0.3) is 0 Å². The minimum absolute atomic E-state index is 0.0138. The summed E-state index contributed by atoms with van der Waals surface area (Å²) in [5.74, 6) is 4.68. The molecular weight excluding hydrogens is 336 g/mol. The third-order valence-corrected chi connectivity index (χ3v) is 6.88. The van der Waals surface area contributed by atoms with Gasteiger partial charge in [0.2, 0.25) is 5.91 Å². The number of hydrogen-bond acceptors (Lipinski definition) is 5. The van der Waals surface area contributed by atoms with E-state index < -0.39 is 0 Å². The lowest BCUT2D eigenvalue weighted by atomic mass is 9.73. The second kappa shape index (κ2) is 6.97. The molecular formula is C19H28N2O3S. The topological polar surface area (TPSA) is 54.7 Å². The summed E-state index contributed by atoms with van der Waals surface area (Å²) in [7, 11) is 0. The maximum atomic E-state index is 12.0. The van der Waals surface area contributed by atoms with Crippen LogP contribution in [0.15, 0.2) is 16.5 Å². The van der Waals surface area contributed by atoms with E-state index in [0.717, 1.165) is 56.3 Å². The molecule has 1 aromatic rings. The Morgan fingerprint density at radius 1 is 1.48 bits per heavy atom. The first-order chi connectivity index (χ1) is 12.1. The van der Waals surface area contributed by atoms with Gasteiger partial charge in [-0.05, 0) is 37.7 Å². The van der Waals surface area contributed by atoms with Crippen molar-refractivity contribution in [2.24, 2.45) is 11.8 Å². The lowest BCUT2D eigenvalue weighted by Gasteiger charge is -2.29. The third-order valence-electron chi connectivity index (χ3n) is 6.00. The highest BCUT2D eigenvalue weighted by Gasteiger charge is 2.62. The molecule has 3 aliphatic heterocycles. The molecule has 1 amide bonds. The number of ether oxygens (including phenoxy) is 1. The van der Waals surface area contributed by atoms with E-state index >= 15 is 0 Å². The van der Waals surface area contributed by atoms with Gasteiger partial charge in [0.1, 0.15) is 11.5 Å². The number of carbonyl (C=O) groups excluding carboxylic acids is 1. The number of amides is 1. The van der Waals surface area contributed by atoms with Crippen molar-refractivity contribution in [2.75, 3.05) is 31.1 Å². The SMILES string of the molecule is CCSCC(=O)NC[C@H]1[C@H]2CN(Cc3ccc(C)o3)C[C@]23CC[C@H]1O3. The molecule has 0 radical (unpaired) electrons. The number of thioether (sulfide) groups is 1. The molecule has 5 nitrogen and oxygen atoms in total. The van der Waals surface area contributed by atoms with Gasteiger partial charge in [-0.15, -0.1) is 0 Å². The van der Waals surface area contributed by atoms with Gasteiger partial charge in [0.05, 0.1) is 24.0 Å². The van der Waals surface area contributed by atoms with Crippen LogP contribution in [0.3, 0.4) is 0 Å². The molecule has 0 aliphatic carbocycles. The Hall–Kier alpha value is -0.980. The van der Waals surface area contributed by atoms with Crippen LogP contribution in [-0.4, -0.2) is 53.7 Å². The van der Waals surface area contributed by atoms with Crippen molar-refractivity contribution in [2.45, 2.75) is 44.9 Å². The number of likely N-dealkylation sites (tertiary alicyclic amines) is 1. The van der Waals surface area contributed by atoms with Gasteiger partial charge in [0, 0.05) is 31.5 Å².